The van der Waals surface area contributed by atoms with Crippen LogP contribution in [-0.2, 0) is 26.6 Å². The first kappa shape index (κ1) is 13.8. The Bertz CT molecular complexity index is 524. The van der Waals surface area contributed by atoms with Gasteiger partial charge in [-0.25, -0.2) is 4.98 Å². The zero-order chi connectivity index (χ0) is 13.8. The van der Waals surface area contributed by atoms with Gasteiger partial charge in [0.25, 0.3) is 0 Å². The fourth-order valence-electron chi connectivity index (χ4n) is 2.01. The summed E-state index contributed by atoms with van der Waals surface area (Å²) >= 11 is 0. The third-order valence-electron chi connectivity index (χ3n) is 3.19. The first-order chi connectivity index (χ1) is 9.10. The number of rotatable bonds is 6. The van der Waals surface area contributed by atoms with Gasteiger partial charge in [-0.2, -0.15) is 5.10 Å². The van der Waals surface area contributed by atoms with Crippen LogP contribution in [0, 0.1) is 0 Å². The normalized spacial score (nSPS) is 11.4. The molecule has 0 aliphatic rings. The van der Waals surface area contributed by atoms with Crippen molar-refractivity contribution in [2.45, 2.75) is 46.3 Å². The molecule has 0 bridgehead atoms. The largest absolute Gasteiger partial charge is 0.328 e. The number of aryl methyl sites for hydroxylation is 2. The molecule has 0 fully saturated rings. The minimum atomic E-state index is 0.466. The van der Waals surface area contributed by atoms with Crippen molar-refractivity contribution in [1.82, 2.24) is 24.6 Å². The summed E-state index contributed by atoms with van der Waals surface area (Å²) < 4.78 is 4.13. The molecule has 0 aromatic carbocycles. The van der Waals surface area contributed by atoms with Crippen LogP contribution < -0.4 is 5.32 Å². The van der Waals surface area contributed by atoms with Gasteiger partial charge in [0.15, 0.2) is 0 Å². The van der Waals surface area contributed by atoms with E-state index in [1.54, 1.807) is 0 Å². The van der Waals surface area contributed by atoms with Crippen molar-refractivity contribution in [3.05, 3.63) is 35.7 Å². The molecular weight excluding hydrogens is 238 g/mol. The van der Waals surface area contributed by atoms with Crippen LogP contribution in [0.25, 0.3) is 0 Å². The molecule has 5 nitrogen and oxygen atoms in total. The van der Waals surface area contributed by atoms with E-state index < -0.39 is 0 Å². The Kier molecular flexibility index (Phi) is 4.37. The summed E-state index contributed by atoms with van der Waals surface area (Å²) in [5, 5.41) is 7.88. The van der Waals surface area contributed by atoms with Crippen LogP contribution in [0.4, 0.5) is 0 Å². The molecule has 2 heterocycles. The van der Waals surface area contributed by atoms with Crippen LogP contribution in [0.2, 0.25) is 0 Å². The molecule has 1 N–H and O–H groups in total. The van der Waals surface area contributed by atoms with Gasteiger partial charge in [-0.05, 0) is 12.5 Å². The van der Waals surface area contributed by atoms with Crippen molar-refractivity contribution in [3.8, 4) is 0 Å². The van der Waals surface area contributed by atoms with Crippen molar-refractivity contribution >= 4 is 0 Å². The second kappa shape index (κ2) is 6.02. The summed E-state index contributed by atoms with van der Waals surface area (Å²) in [6, 6.07) is 2.63. The van der Waals surface area contributed by atoms with E-state index in [4.69, 9.17) is 0 Å². The van der Waals surface area contributed by atoms with Crippen LogP contribution in [0.5, 0.6) is 0 Å². The fraction of sp³-hybridized carbons (Fsp3) is 0.571. The lowest BCUT2D eigenvalue weighted by Gasteiger charge is -2.10. The van der Waals surface area contributed by atoms with Crippen molar-refractivity contribution in [1.29, 1.82) is 0 Å². The monoisotopic (exact) mass is 261 g/mol. The van der Waals surface area contributed by atoms with Crippen molar-refractivity contribution in [3.63, 3.8) is 0 Å². The van der Waals surface area contributed by atoms with E-state index in [0.717, 1.165) is 31.0 Å². The van der Waals surface area contributed by atoms with E-state index >= 15 is 0 Å². The number of imidazole rings is 1. The van der Waals surface area contributed by atoms with E-state index in [1.165, 1.54) is 5.69 Å². The van der Waals surface area contributed by atoms with Crippen LogP contribution in [0.15, 0.2) is 18.5 Å². The summed E-state index contributed by atoms with van der Waals surface area (Å²) in [4.78, 5) is 4.41. The standard InChI is InChI=1S/C14H23N5/c1-5-12-8-13(18(4)17-12)10-19-7-6-15-14(19)9-16-11(2)3/h6-8,11,16H,5,9-10H2,1-4H3. The highest BCUT2D eigenvalue weighted by Gasteiger charge is 2.08. The summed E-state index contributed by atoms with van der Waals surface area (Å²) in [7, 11) is 2.00. The van der Waals surface area contributed by atoms with Gasteiger partial charge in [0, 0.05) is 25.5 Å². The second-order valence-corrected chi connectivity index (χ2v) is 5.11. The number of hydrogen-bond donors (Lipinski definition) is 1. The minimum absolute atomic E-state index is 0.466. The molecule has 0 unspecified atom stereocenters. The topological polar surface area (TPSA) is 47.7 Å². The van der Waals surface area contributed by atoms with Gasteiger partial charge in [-0.3, -0.25) is 4.68 Å². The maximum Gasteiger partial charge on any atom is 0.123 e. The lowest BCUT2D eigenvalue weighted by Crippen LogP contribution is -2.24. The van der Waals surface area contributed by atoms with Crippen molar-refractivity contribution in [2.24, 2.45) is 7.05 Å². The Hall–Kier alpha value is -1.62. The predicted molar refractivity (Wildman–Crippen MR) is 75.9 cm³/mol. The smallest absolute Gasteiger partial charge is 0.123 e. The third-order valence-corrected chi connectivity index (χ3v) is 3.19. The van der Waals surface area contributed by atoms with Crippen LogP contribution in [-0.4, -0.2) is 25.4 Å². The highest BCUT2D eigenvalue weighted by molar-refractivity contribution is 5.11. The van der Waals surface area contributed by atoms with Crippen LogP contribution in [0.3, 0.4) is 0 Å². The van der Waals surface area contributed by atoms with Crippen molar-refractivity contribution in [2.75, 3.05) is 0 Å². The van der Waals surface area contributed by atoms with E-state index in [9.17, 15) is 0 Å². The molecule has 2 rings (SSSR count). The van der Waals surface area contributed by atoms with E-state index in [0.29, 0.717) is 6.04 Å². The molecule has 0 atom stereocenters. The Balaban J connectivity index is 2.10. The molecule has 0 spiro atoms. The van der Waals surface area contributed by atoms with Gasteiger partial charge in [0.2, 0.25) is 0 Å². The zero-order valence-corrected chi connectivity index (χ0v) is 12.2. The highest BCUT2D eigenvalue weighted by atomic mass is 15.3. The molecule has 0 aliphatic heterocycles. The molecular formula is C14H23N5. The first-order valence-corrected chi connectivity index (χ1v) is 6.85. The Morgan fingerprint density at radius 2 is 2.16 bits per heavy atom. The maximum absolute atomic E-state index is 4.48. The summed E-state index contributed by atoms with van der Waals surface area (Å²) in [6.07, 6.45) is 4.85. The van der Waals surface area contributed by atoms with Gasteiger partial charge >= 0.3 is 0 Å². The van der Waals surface area contributed by atoms with E-state index in [-0.39, 0.29) is 0 Å². The SMILES string of the molecule is CCc1cc(Cn2ccnc2CNC(C)C)n(C)n1. The van der Waals surface area contributed by atoms with Crippen molar-refractivity contribution < 1.29 is 0 Å². The molecule has 2 aromatic rings. The lowest BCUT2D eigenvalue weighted by molar-refractivity contribution is 0.548. The quantitative estimate of drug-likeness (QED) is 0.861. The molecule has 0 saturated heterocycles. The summed E-state index contributed by atoms with van der Waals surface area (Å²) in [6.45, 7) is 8.02. The average molecular weight is 261 g/mol. The van der Waals surface area contributed by atoms with Gasteiger partial charge in [-0.15, -0.1) is 0 Å². The van der Waals surface area contributed by atoms with Gasteiger partial charge in [0.1, 0.15) is 5.82 Å². The maximum atomic E-state index is 4.48. The Morgan fingerprint density at radius 3 is 2.79 bits per heavy atom. The molecule has 19 heavy (non-hydrogen) atoms. The summed E-state index contributed by atoms with van der Waals surface area (Å²) in [5.74, 6) is 1.06. The third kappa shape index (κ3) is 3.44. The molecule has 0 radical (unpaired) electrons. The predicted octanol–water partition coefficient (Wildman–Crippen LogP) is 1.73. The fourth-order valence-corrected chi connectivity index (χ4v) is 2.01. The van der Waals surface area contributed by atoms with Crippen LogP contribution >= 0.6 is 0 Å². The zero-order valence-electron chi connectivity index (χ0n) is 12.2. The molecule has 0 saturated carbocycles. The Labute approximate surface area is 114 Å². The Morgan fingerprint density at radius 1 is 1.37 bits per heavy atom. The lowest BCUT2D eigenvalue weighted by atomic mass is 10.3. The number of nitrogens with zero attached hydrogens (tertiary/aromatic N) is 4. The van der Waals surface area contributed by atoms with E-state index in [1.807, 2.05) is 24.1 Å². The first-order valence-electron chi connectivity index (χ1n) is 6.85. The summed E-state index contributed by atoms with van der Waals surface area (Å²) in [5.41, 5.74) is 2.35. The number of nitrogens with one attached hydrogen (secondary N) is 1. The van der Waals surface area contributed by atoms with Gasteiger partial charge < -0.3 is 9.88 Å². The molecule has 104 valence electrons. The van der Waals surface area contributed by atoms with Gasteiger partial charge in [0.05, 0.1) is 24.5 Å². The average Bonchev–Trinajstić information content (AvgIpc) is 2.95. The highest BCUT2D eigenvalue weighted by Crippen LogP contribution is 2.08. The number of aromatic nitrogens is 4. The van der Waals surface area contributed by atoms with E-state index in [2.05, 4.69) is 46.8 Å². The molecule has 2 aromatic heterocycles. The number of hydrogen-bond acceptors (Lipinski definition) is 3. The van der Waals surface area contributed by atoms with Gasteiger partial charge in [-0.1, -0.05) is 20.8 Å². The molecule has 5 heteroatoms. The molecule has 0 aliphatic carbocycles. The second-order valence-electron chi connectivity index (χ2n) is 5.11. The molecule has 0 amide bonds. The minimum Gasteiger partial charge on any atom is -0.328 e. The van der Waals surface area contributed by atoms with Crippen LogP contribution in [0.1, 0.15) is 38.0 Å².